The van der Waals surface area contributed by atoms with Crippen LogP contribution in [0.2, 0.25) is 10.0 Å². The van der Waals surface area contributed by atoms with Crippen LogP contribution in [0, 0.1) is 0 Å². The first-order chi connectivity index (χ1) is 12.0. The van der Waals surface area contributed by atoms with Crippen LogP contribution in [0.15, 0.2) is 28.0 Å². The maximum Gasteiger partial charge on any atom is 0.271 e. The maximum absolute atomic E-state index is 12.7. The van der Waals surface area contributed by atoms with Gasteiger partial charge in [-0.05, 0) is 37.5 Å². The standard InChI is InChI=1S/C17H17Cl2N3O2S/c1-9-20-16-14(15(25-9)12-3-2-10(18)8-13(12)19)17(23)21-22(16)11-4-6-24-7-5-11/h2-3,8,11,15H,4-7H2,1H3,(H,21,23). The Morgan fingerprint density at radius 1 is 1.32 bits per heavy atom. The zero-order valence-corrected chi connectivity index (χ0v) is 15.9. The van der Waals surface area contributed by atoms with Gasteiger partial charge in [-0.25, -0.2) is 4.99 Å². The summed E-state index contributed by atoms with van der Waals surface area (Å²) in [4.78, 5) is 17.4. The molecule has 4 rings (SSSR count). The Balaban J connectivity index is 1.83. The van der Waals surface area contributed by atoms with Crippen LogP contribution < -0.4 is 5.56 Å². The van der Waals surface area contributed by atoms with Crippen molar-refractivity contribution < 1.29 is 4.74 Å². The Hall–Kier alpha value is -1.21. The summed E-state index contributed by atoms with van der Waals surface area (Å²) in [5.41, 5.74) is 1.43. The van der Waals surface area contributed by atoms with Gasteiger partial charge in [0.2, 0.25) is 0 Å². The fraction of sp³-hybridized carbons (Fsp3) is 0.412. The summed E-state index contributed by atoms with van der Waals surface area (Å²) < 4.78 is 7.35. The first-order valence-corrected chi connectivity index (χ1v) is 9.77. The fourth-order valence-corrected chi connectivity index (χ4v) is 5.08. The normalized spacial score (nSPS) is 21.1. The van der Waals surface area contributed by atoms with Crippen molar-refractivity contribution in [1.82, 2.24) is 9.78 Å². The number of hydrogen-bond donors (Lipinski definition) is 1. The Morgan fingerprint density at radius 3 is 2.80 bits per heavy atom. The van der Waals surface area contributed by atoms with Gasteiger partial charge in [0.05, 0.1) is 21.9 Å². The van der Waals surface area contributed by atoms with Crippen LogP contribution in [0.25, 0.3) is 0 Å². The molecule has 2 aromatic rings. The molecule has 0 amide bonds. The molecule has 132 valence electrons. The summed E-state index contributed by atoms with van der Waals surface area (Å²) in [6, 6.07) is 5.60. The zero-order valence-electron chi connectivity index (χ0n) is 13.6. The molecule has 1 aromatic heterocycles. The second kappa shape index (κ2) is 6.83. The molecule has 1 saturated heterocycles. The lowest BCUT2D eigenvalue weighted by atomic mass is 10.1. The highest BCUT2D eigenvalue weighted by Gasteiger charge is 2.33. The van der Waals surface area contributed by atoms with Gasteiger partial charge in [-0.15, -0.1) is 0 Å². The molecule has 1 atom stereocenters. The Kier molecular flexibility index (Phi) is 4.71. The lowest BCUT2D eigenvalue weighted by molar-refractivity contribution is 0.0666. The molecular formula is C17H17Cl2N3O2S. The highest BCUT2D eigenvalue weighted by Crippen LogP contribution is 2.46. The number of nitrogens with zero attached hydrogens (tertiary/aromatic N) is 2. The van der Waals surface area contributed by atoms with E-state index in [9.17, 15) is 4.79 Å². The summed E-state index contributed by atoms with van der Waals surface area (Å²) in [5, 5.41) is 4.84. The van der Waals surface area contributed by atoms with Crippen molar-refractivity contribution >= 4 is 45.8 Å². The van der Waals surface area contributed by atoms with Gasteiger partial charge in [0.25, 0.3) is 5.56 Å². The first-order valence-electron chi connectivity index (χ1n) is 8.13. The minimum atomic E-state index is -0.192. The minimum Gasteiger partial charge on any atom is -0.381 e. The molecule has 2 aliphatic rings. The largest absolute Gasteiger partial charge is 0.381 e. The monoisotopic (exact) mass is 397 g/mol. The third-order valence-corrected chi connectivity index (χ3v) is 6.27. The maximum atomic E-state index is 12.7. The molecule has 1 unspecified atom stereocenters. The van der Waals surface area contributed by atoms with Gasteiger partial charge in [0.1, 0.15) is 0 Å². The minimum absolute atomic E-state index is 0.110. The Morgan fingerprint density at radius 2 is 2.08 bits per heavy atom. The number of fused-ring (bicyclic) bond motifs is 1. The molecular weight excluding hydrogens is 381 g/mol. The van der Waals surface area contributed by atoms with Crippen molar-refractivity contribution in [3.63, 3.8) is 0 Å². The molecule has 8 heteroatoms. The van der Waals surface area contributed by atoms with E-state index in [0.29, 0.717) is 34.6 Å². The third kappa shape index (κ3) is 3.16. The van der Waals surface area contributed by atoms with Crippen LogP contribution in [-0.4, -0.2) is 28.0 Å². The summed E-state index contributed by atoms with van der Waals surface area (Å²) in [5.74, 6) is 0.712. The van der Waals surface area contributed by atoms with Crippen LogP contribution in [0.5, 0.6) is 0 Å². The van der Waals surface area contributed by atoms with E-state index in [4.69, 9.17) is 27.9 Å². The Bertz CT molecular complexity index is 900. The zero-order chi connectivity index (χ0) is 17.6. The molecule has 0 radical (unpaired) electrons. The second-order valence-electron chi connectivity index (χ2n) is 6.19. The second-order valence-corrected chi connectivity index (χ2v) is 8.33. The molecule has 3 heterocycles. The van der Waals surface area contributed by atoms with E-state index in [1.165, 1.54) is 0 Å². The van der Waals surface area contributed by atoms with E-state index in [0.717, 1.165) is 23.4 Å². The quantitative estimate of drug-likeness (QED) is 0.796. The molecule has 2 aliphatic heterocycles. The lowest BCUT2D eigenvalue weighted by Gasteiger charge is -2.26. The van der Waals surface area contributed by atoms with Gasteiger partial charge in [-0.3, -0.25) is 14.6 Å². The van der Waals surface area contributed by atoms with E-state index < -0.39 is 0 Å². The summed E-state index contributed by atoms with van der Waals surface area (Å²) in [7, 11) is 0. The van der Waals surface area contributed by atoms with Gasteiger partial charge in [-0.1, -0.05) is 41.0 Å². The summed E-state index contributed by atoms with van der Waals surface area (Å²) in [6.07, 6.45) is 1.73. The molecule has 0 saturated carbocycles. The van der Waals surface area contributed by atoms with Gasteiger partial charge in [0.15, 0.2) is 5.82 Å². The predicted octanol–water partition coefficient (Wildman–Crippen LogP) is 4.72. The number of nitrogens with one attached hydrogen (secondary N) is 1. The van der Waals surface area contributed by atoms with Crippen LogP contribution >= 0.6 is 35.0 Å². The topological polar surface area (TPSA) is 59.4 Å². The highest BCUT2D eigenvalue weighted by molar-refractivity contribution is 8.14. The van der Waals surface area contributed by atoms with Crippen molar-refractivity contribution in [2.75, 3.05) is 13.2 Å². The van der Waals surface area contributed by atoms with E-state index in [1.54, 1.807) is 23.9 Å². The summed E-state index contributed by atoms with van der Waals surface area (Å²) >= 11 is 14.0. The van der Waals surface area contributed by atoms with Crippen LogP contribution in [0.3, 0.4) is 0 Å². The van der Waals surface area contributed by atoms with Crippen molar-refractivity contribution in [3.05, 3.63) is 49.7 Å². The van der Waals surface area contributed by atoms with E-state index in [1.807, 2.05) is 17.7 Å². The summed E-state index contributed by atoms with van der Waals surface area (Å²) in [6.45, 7) is 3.35. The number of aliphatic imine (C=N–C) groups is 1. The molecule has 1 fully saturated rings. The van der Waals surface area contributed by atoms with E-state index >= 15 is 0 Å². The fourth-order valence-electron chi connectivity index (χ4n) is 3.35. The molecule has 5 nitrogen and oxygen atoms in total. The third-order valence-electron chi connectivity index (χ3n) is 4.55. The smallest absolute Gasteiger partial charge is 0.271 e. The predicted molar refractivity (Wildman–Crippen MR) is 103 cm³/mol. The number of aromatic amines is 1. The lowest BCUT2D eigenvalue weighted by Crippen LogP contribution is -2.21. The molecule has 1 aromatic carbocycles. The van der Waals surface area contributed by atoms with Crippen molar-refractivity contribution in [3.8, 4) is 0 Å². The van der Waals surface area contributed by atoms with Crippen LogP contribution in [-0.2, 0) is 4.74 Å². The van der Waals surface area contributed by atoms with Crippen LogP contribution in [0.4, 0.5) is 5.82 Å². The average Bonchev–Trinajstić information content (AvgIpc) is 2.92. The number of ether oxygens (including phenoxy) is 1. The number of hydrogen-bond acceptors (Lipinski definition) is 4. The number of halogens is 2. The highest BCUT2D eigenvalue weighted by atomic mass is 35.5. The molecule has 0 aliphatic carbocycles. The SMILES string of the molecule is CC1=Nc2c(c(=O)[nH]n2C2CCOCC2)C(c2ccc(Cl)cc2Cl)S1. The Labute approximate surface area is 159 Å². The number of aromatic nitrogens is 2. The molecule has 1 N–H and O–H groups in total. The first kappa shape index (κ1) is 17.2. The van der Waals surface area contributed by atoms with E-state index in [-0.39, 0.29) is 16.9 Å². The van der Waals surface area contributed by atoms with Gasteiger partial charge in [0, 0.05) is 23.3 Å². The number of H-pyrrole nitrogens is 1. The van der Waals surface area contributed by atoms with Gasteiger partial charge in [-0.2, -0.15) is 0 Å². The number of benzene rings is 1. The van der Waals surface area contributed by atoms with Crippen molar-refractivity contribution in [2.24, 2.45) is 4.99 Å². The van der Waals surface area contributed by atoms with E-state index in [2.05, 4.69) is 10.1 Å². The molecule has 25 heavy (non-hydrogen) atoms. The van der Waals surface area contributed by atoms with Crippen molar-refractivity contribution in [1.29, 1.82) is 0 Å². The molecule has 0 spiro atoms. The van der Waals surface area contributed by atoms with Gasteiger partial charge >= 0.3 is 0 Å². The molecule has 0 bridgehead atoms. The average molecular weight is 398 g/mol. The number of thioether (sulfide) groups is 1. The van der Waals surface area contributed by atoms with Gasteiger partial charge < -0.3 is 4.74 Å². The van der Waals surface area contributed by atoms with Crippen LogP contribution in [0.1, 0.15) is 42.2 Å². The number of rotatable bonds is 2. The van der Waals surface area contributed by atoms with Crippen molar-refractivity contribution in [2.45, 2.75) is 31.1 Å².